The lowest BCUT2D eigenvalue weighted by Gasteiger charge is -2.05. The average molecular weight is 257 g/mol. The Morgan fingerprint density at radius 1 is 1.21 bits per heavy atom. The third-order valence-corrected chi connectivity index (χ3v) is 2.71. The maximum atomic E-state index is 11.9. The summed E-state index contributed by atoms with van der Waals surface area (Å²) in [7, 11) is 0. The first-order valence-corrected chi connectivity index (χ1v) is 5.72. The number of aromatic nitrogens is 2. The number of carbonyl (C=O) groups excluding carboxylic acids is 1. The van der Waals surface area contributed by atoms with Crippen LogP contribution in [-0.4, -0.2) is 22.5 Å². The molecule has 1 aliphatic heterocycles. The first-order valence-electron chi connectivity index (χ1n) is 5.72. The van der Waals surface area contributed by atoms with E-state index in [1.54, 1.807) is 24.3 Å². The Balaban J connectivity index is 1.87. The molecule has 1 aromatic heterocycles. The number of fused-ring (bicyclic) bond motifs is 1. The highest BCUT2D eigenvalue weighted by atomic mass is 16.2. The summed E-state index contributed by atoms with van der Waals surface area (Å²) in [6, 6.07) is 8.71. The lowest BCUT2D eigenvalue weighted by molar-refractivity contribution is 0.102. The van der Waals surface area contributed by atoms with E-state index in [9.17, 15) is 9.59 Å². The molecule has 3 rings (SSSR count). The topological polar surface area (TPSA) is 98.9 Å². The Bertz CT molecular complexity index is 680. The molecule has 19 heavy (non-hydrogen) atoms. The fourth-order valence-electron chi connectivity index (χ4n) is 1.81. The number of nitrogens with zero attached hydrogens (tertiary/aromatic N) is 1. The maximum absolute atomic E-state index is 11.9. The molecule has 2 heterocycles. The van der Waals surface area contributed by atoms with Crippen LogP contribution in [0, 0.1) is 0 Å². The molecule has 1 aromatic carbocycles. The number of hydrogen-bond donors (Lipinski definition) is 4. The monoisotopic (exact) mass is 257 g/mol. The molecule has 0 spiro atoms. The summed E-state index contributed by atoms with van der Waals surface area (Å²) in [6.45, 7) is 0.446. The Labute approximate surface area is 108 Å². The number of aromatic amines is 1. The maximum Gasteiger partial charge on any atom is 0.277 e. The van der Waals surface area contributed by atoms with Crippen molar-refractivity contribution < 1.29 is 4.79 Å². The Kier molecular flexibility index (Phi) is 2.64. The molecule has 0 fully saturated rings. The molecule has 4 N–H and O–H groups in total. The van der Waals surface area contributed by atoms with Gasteiger partial charge in [-0.25, -0.2) is 0 Å². The molecule has 2 aromatic rings. The molecular formula is C12H11N5O2. The minimum Gasteiger partial charge on any atom is -0.360 e. The number of benzene rings is 1. The van der Waals surface area contributed by atoms with Crippen LogP contribution in [0.1, 0.15) is 10.4 Å². The summed E-state index contributed by atoms with van der Waals surface area (Å²) in [5, 5.41) is 8.31. The number of H-pyrrole nitrogens is 1. The van der Waals surface area contributed by atoms with E-state index in [0.717, 1.165) is 0 Å². The minimum atomic E-state index is -0.324. The normalized spacial score (nSPS) is 12.2. The number of rotatable bonds is 2. The van der Waals surface area contributed by atoms with Gasteiger partial charge in [-0.05, 0) is 12.1 Å². The zero-order valence-corrected chi connectivity index (χ0v) is 9.86. The van der Waals surface area contributed by atoms with E-state index in [0.29, 0.717) is 23.7 Å². The van der Waals surface area contributed by atoms with Crippen molar-refractivity contribution in [2.75, 3.05) is 22.6 Å². The standard InChI is InChI=1S/C12H11N5O2/c18-10(7-4-2-1-3-5-7)16-12-15-9-8(11(19)17-12)13-6-14-9/h1-5,13H,6H2,(H3,14,15,16,17,18,19). The average Bonchev–Trinajstić information content (AvgIpc) is 2.88. The molecule has 0 saturated heterocycles. The van der Waals surface area contributed by atoms with Gasteiger partial charge in [0.25, 0.3) is 11.5 Å². The van der Waals surface area contributed by atoms with Crippen LogP contribution >= 0.6 is 0 Å². The molecular weight excluding hydrogens is 246 g/mol. The first-order chi connectivity index (χ1) is 9.24. The number of anilines is 3. The number of amides is 1. The van der Waals surface area contributed by atoms with Gasteiger partial charge < -0.3 is 10.6 Å². The van der Waals surface area contributed by atoms with Crippen LogP contribution in [-0.2, 0) is 0 Å². The van der Waals surface area contributed by atoms with E-state index in [2.05, 4.69) is 25.9 Å². The van der Waals surface area contributed by atoms with Gasteiger partial charge in [0.1, 0.15) is 5.69 Å². The third kappa shape index (κ3) is 2.13. The van der Waals surface area contributed by atoms with E-state index in [-0.39, 0.29) is 17.4 Å². The third-order valence-electron chi connectivity index (χ3n) is 2.71. The Hall–Kier alpha value is -2.83. The van der Waals surface area contributed by atoms with Gasteiger partial charge in [0.2, 0.25) is 5.95 Å². The molecule has 0 bridgehead atoms. The zero-order valence-electron chi connectivity index (χ0n) is 9.86. The molecule has 0 radical (unpaired) electrons. The highest BCUT2D eigenvalue weighted by Crippen LogP contribution is 2.19. The summed E-state index contributed by atoms with van der Waals surface area (Å²) in [4.78, 5) is 30.2. The van der Waals surface area contributed by atoms with Gasteiger partial charge in [-0.15, -0.1) is 0 Å². The van der Waals surface area contributed by atoms with Crippen molar-refractivity contribution >= 4 is 23.4 Å². The van der Waals surface area contributed by atoms with E-state index in [1.807, 2.05) is 6.07 Å². The fourth-order valence-corrected chi connectivity index (χ4v) is 1.81. The quantitative estimate of drug-likeness (QED) is 0.638. The fraction of sp³-hybridized carbons (Fsp3) is 0.0833. The van der Waals surface area contributed by atoms with Gasteiger partial charge in [0.15, 0.2) is 5.82 Å². The van der Waals surface area contributed by atoms with Crippen molar-refractivity contribution in [1.82, 2.24) is 9.97 Å². The predicted molar refractivity (Wildman–Crippen MR) is 71.4 cm³/mol. The largest absolute Gasteiger partial charge is 0.360 e. The zero-order chi connectivity index (χ0) is 13.2. The number of hydrogen-bond acceptors (Lipinski definition) is 5. The molecule has 7 heteroatoms. The van der Waals surface area contributed by atoms with Crippen LogP contribution in [0.15, 0.2) is 35.1 Å². The van der Waals surface area contributed by atoms with E-state index < -0.39 is 0 Å². The number of nitrogens with one attached hydrogen (secondary N) is 4. The second-order valence-electron chi connectivity index (χ2n) is 3.99. The van der Waals surface area contributed by atoms with Crippen LogP contribution in [0.2, 0.25) is 0 Å². The second-order valence-corrected chi connectivity index (χ2v) is 3.99. The minimum absolute atomic E-state index is 0.119. The van der Waals surface area contributed by atoms with Crippen LogP contribution in [0.3, 0.4) is 0 Å². The van der Waals surface area contributed by atoms with Crippen LogP contribution in [0.5, 0.6) is 0 Å². The van der Waals surface area contributed by atoms with Gasteiger partial charge in [-0.2, -0.15) is 4.98 Å². The van der Waals surface area contributed by atoms with Crippen molar-refractivity contribution in [3.8, 4) is 0 Å². The molecule has 0 unspecified atom stereocenters. The van der Waals surface area contributed by atoms with Crippen LogP contribution in [0.4, 0.5) is 17.5 Å². The molecule has 0 aliphatic carbocycles. The SMILES string of the molecule is O=C(Nc1nc2c(c(=O)[nH]1)NCN2)c1ccccc1. The lowest BCUT2D eigenvalue weighted by Crippen LogP contribution is -2.19. The van der Waals surface area contributed by atoms with Crippen molar-refractivity contribution in [2.24, 2.45) is 0 Å². The van der Waals surface area contributed by atoms with Crippen molar-refractivity contribution in [2.45, 2.75) is 0 Å². The van der Waals surface area contributed by atoms with Crippen molar-refractivity contribution in [1.29, 1.82) is 0 Å². The van der Waals surface area contributed by atoms with Gasteiger partial charge >= 0.3 is 0 Å². The smallest absolute Gasteiger partial charge is 0.277 e. The lowest BCUT2D eigenvalue weighted by atomic mass is 10.2. The summed E-state index contributed by atoms with van der Waals surface area (Å²) >= 11 is 0. The van der Waals surface area contributed by atoms with E-state index in [1.165, 1.54) is 0 Å². The van der Waals surface area contributed by atoms with Gasteiger partial charge in [-0.3, -0.25) is 19.9 Å². The predicted octanol–water partition coefficient (Wildman–Crippen LogP) is 0.817. The van der Waals surface area contributed by atoms with Crippen molar-refractivity contribution in [3.05, 3.63) is 46.2 Å². The summed E-state index contributed by atoms with van der Waals surface area (Å²) < 4.78 is 0. The molecule has 96 valence electrons. The van der Waals surface area contributed by atoms with Crippen molar-refractivity contribution in [3.63, 3.8) is 0 Å². The number of carbonyl (C=O) groups is 1. The highest BCUT2D eigenvalue weighted by Gasteiger charge is 2.17. The van der Waals surface area contributed by atoms with Gasteiger partial charge in [-0.1, -0.05) is 18.2 Å². The first kappa shape index (κ1) is 11.3. The molecule has 0 atom stereocenters. The van der Waals surface area contributed by atoms with E-state index >= 15 is 0 Å². The highest BCUT2D eigenvalue weighted by molar-refractivity contribution is 6.03. The van der Waals surface area contributed by atoms with Gasteiger partial charge in [0, 0.05) is 5.56 Å². The molecule has 1 aliphatic rings. The van der Waals surface area contributed by atoms with E-state index in [4.69, 9.17) is 0 Å². The molecule has 0 saturated carbocycles. The Morgan fingerprint density at radius 2 is 2.00 bits per heavy atom. The molecule has 1 amide bonds. The molecule has 7 nitrogen and oxygen atoms in total. The Morgan fingerprint density at radius 3 is 2.79 bits per heavy atom. The summed E-state index contributed by atoms with van der Waals surface area (Å²) in [5.41, 5.74) is 0.563. The van der Waals surface area contributed by atoms with Crippen LogP contribution < -0.4 is 21.5 Å². The van der Waals surface area contributed by atoms with Gasteiger partial charge in [0.05, 0.1) is 6.67 Å². The summed E-state index contributed by atoms with van der Waals surface area (Å²) in [5.74, 6) is 0.232. The van der Waals surface area contributed by atoms with Crippen LogP contribution in [0.25, 0.3) is 0 Å². The summed E-state index contributed by atoms with van der Waals surface area (Å²) in [6.07, 6.45) is 0. The second kappa shape index (κ2) is 4.45.